The molecule has 192 valence electrons. The quantitative estimate of drug-likeness (QED) is 0.287. The van der Waals surface area contributed by atoms with Crippen molar-refractivity contribution in [2.75, 3.05) is 0 Å². The Balaban J connectivity index is 0. The number of carbonyl (C=O) groups is 4. The van der Waals surface area contributed by atoms with Gasteiger partial charge in [-0.2, -0.15) is 26.3 Å². The topological polar surface area (TPSA) is 169 Å². The molecule has 0 bridgehead atoms. The van der Waals surface area contributed by atoms with Crippen molar-refractivity contribution in [2.45, 2.75) is 31.8 Å². The Bertz CT molecular complexity index is 863. The molecule has 1 aromatic carbocycles. The minimum absolute atomic E-state index is 0.294. The number of rotatable bonds is 6. The van der Waals surface area contributed by atoms with E-state index >= 15 is 0 Å². The van der Waals surface area contributed by atoms with Gasteiger partial charge in [0, 0.05) is 0 Å². The van der Waals surface area contributed by atoms with E-state index in [1.807, 2.05) is 0 Å². The van der Waals surface area contributed by atoms with Crippen LogP contribution >= 0.6 is 0 Å². The predicted molar refractivity (Wildman–Crippen MR) is 102 cm³/mol. The molecule has 0 atom stereocenters. The summed E-state index contributed by atoms with van der Waals surface area (Å²) in [6.45, 7) is 6.66. The summed E-state index contributed by atoms with van der Waals surface area (Å²) in [6.07, 6.45) is -11.0. The molecule has 1 aromatic rings. The molecule has 1 rings (SSSR count). The maximum Gasteiger partial charge on any atom is 0.437 e. The smallest absolute Gasteiger partial charge is 0.437 e. The molecule has 0 unspecified atom stereocenters. The lowest BCUT2D eigenvalue weighted by Gasteiger charge is -2.27. The number of alkyl halides is 6. The number of aliphatic hydroxyl groups is 1. The number of aliphatic carboxylic acids is 3. The molecule has 34 heavy (non-hydrogen) atoms. The first kappa shape index (κ1) is 32.6. The van der Waals surface area contributed by atoms with E-state index in [1.54, 1.807) is 44.2 Å². The van der Waals surface area contributed by atoms with Crippen LogP contribution in [0.25, 0.3) is 6.08 Å². The molecule has 0 radical (unpaired) electrons. The van der Waals surface area contributed by atoms with Crippen molar-refractivity contribution in [2.24, 2.45) is 11.8 Å². The highest BCUT2D eigenvalue weighted by molar-refractivity contribution is 5.93. The standard InChI is InChI=1S/C9H8O2.C6H10O4.C4H2F6O3/c1-2-7-4-3-5-8(6-7)9(10)11;1-3(2)4(5(7)8)6(9)10;5-3(6,7)2(13,1(11)12)4(8,9)10/h2-6H,1H2,(H,10,11);3-4H,1-2H3,(H,7,8)(H,9,10);13H,(H,11,12). The minimum Gasteiger partial charge on any atom is -0.481 e. The van der Waals surface area contributed by atoms with Crippen molar-refractivity contribution in [1.82, 2.24) is 0 Å². The first-order valence-electron chi connectivity index (χ1n) is 8.65. The molecule has 0 saturated heterocycles. The summed E-state index contributed by atoms with van der Waals surface area (Å²) < 4.78 is 69.0. The van der Waals surface area contributed by atoms with Crippen LogP contribution in [0.5, 0.6) is 0 Å². The molecule has 0 aliphatic carbocycles. The van der Waals surface area contributed by atoms with Gasteiger partial charge in [-0.15, -0.1) is 0 Å². The molecular formula is C19H20F6O9. The van der Waals surface area contributed by atoms with Gasteiger partial charge in [0.25, 0.3) is 0 Å². The number of halogens is 6. The third-order valence-corrected chi connectivity index (χ3v) is 3.70. The van der Waals surface area contributed by atoms with Crippen LogP contribution in [-0.4, -0.2) is 67.4 Å². The summed E-state index contributed by atoms with van der Waals surface area (Å²) in [5.74, 6) is -8.51. The van der Waals surface area contributed by atoms with Gasteiger partial charge in [-0.25, -0.2) is 9.59 Å². The molecule has 0 aliphatic rings. The summed E-state index contributed by atoms with van der Waals surface area (Å²) >= 11 is 0. The molecular weight excluding hydrogens is 486 g/mol. The first-order valence-corrected chi connectivity index (χ1v) is 8.65. The van der Waals surface area contributed by atoms with Crippen molar-refractivity contribution >= 4 is 30.0 Å². The number of carboxylic acid groups (broad SMARTS) is 4. The van der Waals surface area contributed by atoms with Gasteiger partial charge in [0.15, 0.2) is 5.92 Å². The zero-order chi connectivity index (χ0) is 27.7. The summed E-state index contributed by atoms with van der Waals surface area (Å²) in [5.41, 5.74) is -4.59. The second kappa shape index (κ2) is 12.6. The number of benzene rings is 1. The molecule has 0 aromatic heterocycles. The fraction of sp³-hybridized carbons (Fsp3) is 0.368. The van der Waals surface area contributed by atoms with Crippen LogP contribution in [0.2, 0.25) is 0 Å². The number of hydrogen-bond acceptors (Lipinski definition) is 5. The molecule has 0 heterocycles. The minimum atomic E-state index is -6.31. The Hall–Kier alpha value is -3.62. The second-order valence-corrected chi connectivity index (χ2v) is 6.54. The van der Waals surface area contributed by atoms with E-state index in [4.69, 9.17) is 25.5 Å². The van der Waals surface area contributed by atoms with E-state index < -0.39 is 47.7 Å². The molecule has 5 N–H and O–H groups in total. The van der Waals surface area contributed by atoms with E-state index in [0.717, 1.165) is 5.56 Å². The Kier molecular flexibility index (Phi) is 12.0. The van der Waals surface area contributed by atoms with Crippen LogP contribution in [0.1, 0.15) is 29.8 Å². The maximum absolute atomic E-state index is 11.5. The van der Waals surface area contributed by atoms with Crippen LogP contribution in [0.15, 0.2) is 30.8 Å². The van der Waals surface area contributed by atoms with Crippen molar-refractivity contribution in [3.8, 4) is 0 Å². The van der Waals surface area contributed by atoms with Gasteiger partial charge in [-0.3, -0.25) is 9.59 Å². The van der Waals surface area contributed by atoms with Gasteiger partial charge in [-0.05, 0) is 23.6 Å². The summed E-state index contributed by atoms with van der Waals surface area (Å²) in [5, 5.41) is 40.8. The van der Waals surface area contributed by atoms with Gasteiger partial charge >= 0.3 is 41.8 Å². The van der Waals surface area contributed by atoms with Gasteiger partial charge in [0.1, 0.15) is 0 Å². The van der Waals surface area contributed by atoms with Crippen LogP contribution in [-0.2, 0) is 14.4 Å². The fourth-order valence-corrected chi connectivity index (χ4v) is 1.88. The van der Waals surface area contributed by atoms with Crippen molar-refractivity contribution in [3.05, 3.63) is 42.0 Å². The lowest BCUT2D eigenvalue weighted by molar-refractivity contribution is -0.355. The molecule has 9 nitrogen and oxygen atoms in total. The average molecular weight is 506 g/mol. The van der Waals surface area contributed by atoms with Crippen LogP contribution in [0, 0.1) is 11.8 Å². The van der Waals surface area contributed by atoms with Gasteiger partial charge in [0.05, 0.1) is 5.56 Å². The lowest BCUT2D eigenvalue weighted by atomic mass is 9.97. The number of aromatic carboxylic acids is 1. The molecule has 0 amide bonds. The molecule has 0 saturated carbocycles. The van der Waals surface area contributed by atoms with Gasteiger partial charge in [-0.1, -0.05) is 38.6 Å². The van der Waals surface area contributed by atoms with E-state index in [2.05, 4.69) is 6.58 Å². The van der Waals surface area contributed by atoms with Crippen LogP contribution in [0.4, 0.5) is 26.3 Å². The Morgan fingerprint density at radius 2 is 1.29 bits per heavy atom. The molecule has 15 heteroatoms. The summed E-state index contributed by atoms with van der Waals surface area (Å²) in [7, 11) is 0. The molecule has 0 fully saturated rings. The van der Waals surface area contributed by atoms with E-state index in [0.29, 0.717) is 5.56 Å². The normalized spacial score (nSPS) is 11.5. The largest absolute Gasteiger partial charge is 0.481 e. The van der Waals surface area contributed by atoms with Crippen LogP contribution in [0.3, 0.4) is 0 Å². The fourth-order valence-electron chi connectivity index (χ4n) is 1.88. The highest BCUT2D eigenvalue weighted by Crippen LogP contribution is 2.43. The van der Waals surface area contributed by atoms with E-state index in [1.165, 1.54) is 0 Å². The summed E-state index contributed by atoms with van der Waals surface area (Å²) in [4.78, 5) is 40.5. The van der Waals surface area contributed by atoms with Crippen molar-refractivity contribution < 1.29 is 71.1 Å². The van der Waals surface area contributed by atoms with E-state index in [-0.39, 0.29) is 5.92 Å². The first-order chi connectivity index (χ1) is 15.1. The van der Waals surface area contributed by atoms with E-state index in [9.17, 15) is 45.5 Å². The molecule has 0 aliphatic heterocycles. The zero-order valence-corrected chi connectivity index (χ0v) is 17.4. The van der Waals surface area contributed by atoms with Crippen molar-refractivity contribution in [3.63, 3.8) is 0 Å². The monoisotopic (exact) mass is 506 g/mol. The van der Waals surface area contributed by atoms with Gasteiger partial charge < -0.3 is 25.5 Å². The average Bonchev–Trinajstić information content (AvgIpc) is 2.65. The maximum atomic E-state index is 11.5. The highest BCUT2D eigenvalue weighted by Gasteiger charge is 2.76. The third kappa shape index (κ3) is 9.09. The van der Waals surface area contributed by atoms with Gasteiger partial charge in [0.2, 0.25) is 0 Å². The Morgan fingerprint density at radius 1 is 0.882 bits per heavy atom. The van der Waals surface area contributed by atoms with Crippen LogP contribution < -0.4 is 0 Å². The Morgan fingerprint density at radius 3 is 1.47 bits per heavy atom. The second-order valence-electron chi connectivity index (χ2n) is 6.54. The zero-order valence-electron chi connectivity index (χ0n) is 17.4. The Labute approximate surface area is 187 Å². The van der Waals surface area contributed by atoms with Crippen molar-refractivity contribution in [1.29, 1.82) is 0 Å². The summed E-state index contributed by atoms with van der Waals surface area (Å²) in [6, 6.07) is 6.63. The number of hydrogen-bond donors (Lipinski definition) is 5. The lowest BCUT2D eigenvalue weighted by Crippen LogP contribution is -2.62. The molecule has 0 spiro atoms. The number of carboxylic acids is 4. The third-order valence-electron chi connectivity index (χ3n) is 3.70. The predicted octanol–water partition coefficient (Wildman–Crippen LogP) is 3.38. The SMILES string of the molecule is C=Cc1cccc(C(=O)O)c1.CC(C)C(C(=O)O)C(=O)O.O=C(O)C(O)(C(F)(F)F)C(F)(F)F. The highest BCUT2D eigenvalue weighted by atomic mass is 19.4.